The third-order valence-corrected chi connectivity index (χ3v) is 5.32. The maximum Gasteiger partial charge on any atom is 0.164 e. The summed E-state index contributed by atoms with van der Waals surface area (Å²) < 4.78 is 1.10. The molecule has 0 fully saturated rings. The summed E-state index contributed by atoms with van der Waals surface area (Å²) >= 11 is 2.28. The second-order valence-corrected chi connectivity index (χ2v) is 6.24. The Labute approximate surface area is 127 Å². The van der Waals surface area contributed by atoms with Gasteiger partial charge in [-0.15, -0.1) is 0 Å². The Bertz CT molecular complexity index is 645. The SMILES string of the molecule is Cc1cccc(C(=O)CC2Cc3ccccc32)c1I. The predicted molar refractivity (Wildman–Crippen MR) is 85.7 cm³/mol. The zero-order valence-electron chi connectivity index (χ0n) is 10.8. The lowest BCUT2D eigenvalue weighted by molar-refractivity contribution is 0.0969. The summed E-state index contributed by atoms with van der Waals surface area (Å²) in [6.07, 6.45) is 1.68. The molecule has 0 radical (unpaired) electrons. The highest BCUT2D eigenvalue weighted by Crippen LogP contribution is 2.38. The Morgan fingerprint density at radius 1 is 1.21 bits per heavy atom. The number of ketones is 1. The first-order valence-electron chi connectivity index (χ1n) is 6.53. The van der Waals surface area contributed by atoms with Gasteiger partial charge < -0.3 is 0 Å². The van der Waals surface area contributed by atoms with Crippen molar-refractivity contribution in [2.45, 2.75) is 25.7 Å². The van der Waals surface area contributed by atoms with Crippen molar-refractivity contribution in [2.75, 3.05) is 0 Å². The number of hydrogen-bond acceptors (Lipinski definition) is 1. The summed E-state index contributed by atoms with van der Waals surface area (Å²) in [6.45, 7) is 2.05. The Morgan fingerprint density at radius 3 is 2.79 bits per heavy atom. The molecule has 1 nitrogen and oxygen atoms in total. The second kappa shape index (κ2) is 5.08. The van der Waals surface area contributed by atoms with Crippen LogP contribution in [0.2, 0.25) is 0 Å². The zero-order chi connectivity index (χ0) is 13.4. The van der Waals surface area contributed by atoms with Gasteiger partial charge in [-0.05, 0) is 58.5 Å². The molecule has 0 spiro atoms. The Hall–Kier alpha value is -1.16. The molecule has 0 N–H and O–H groups in total. The second-order valence-electron chi connectivity index (χ2n) is 5.16. The monoisotopic (exact) mass is 362 g/mol. The minimum atomic E-state index is 0.271. The molecule has 1 unspecified atom stereocenters. The highest BCUT2D eigenvalue weighted by molar-refractivity contribution is 14.1. The maximum absolute atomic E-state index is 12.4. The van der Waals surface area contributed by atoms with Crippen molar-refractivity contribution >= 4 is 28.4 Å². The molecule has 0 aliphatic heterocycles. The molecule has 1 aliphatic carbocycles. The van der Waals surface area contributed by atoms with E-state index in [1.807, 2.05) is 12.1 Å². The number of benzene rings is 2. The molecule has 2 aromatic carbocycles. The lowest BCUT2D eigenvalue weighted by Crippen LogP contribution is -2.20. The number of halogens is 1. The molecule has 2 aromatic rings. The van der Waals surface area contributed by atoms with Crippen LogP contribution in [0.4, 0.5) is 0 Å². The fraction of sp³-hybridized carbons (Fsp3) is 0.235. The van der Waals surface area contributed by atoms with E-state index in [2.05, 4.69) is 59.8 Å². The Kier molecular flexibility index (Phi) is 3.44. The minimum absolute atomic E-state index is 0.271. The smallest absolute Gasteiger partial charge is 0.164 e. The summed E-state index contributed by atoms with van der Waals surface area (Å²) in [4.78, 5) is 12.4. The number of carbonyl (C=O) groups is 1. The van der Waals surface area contributed by atoms with E-state index in [9.17, 15) is 4.79 Å². The molecule has 0 bridgehead atoms. The molecule has 0 saturated carbocycles. The van der Waals surface area contributed by atoms with Crippen molar-refractivity contribution in [1.29, 1.82) is 0 Å². The van der Waals surface area contributed by atoms with Crippen LogP contribution in [-0.4, -0.2) is 5.78 Å². The summed E-state index contributed by atoms with van der Waals surface area (Å²) in [6, 6.07) is 14.4. The average molecular weight is 362 g/mol. The molecular weight excluding hydrogens is 347 g/mol. The lowest BCUT2D eigenvalue weighted by Gasteiger charge is -2.29. The van der Waals surface area contributed by atoms with E-state index in [1.54, 1.807) is 0 Å². The summed E-state index contributed by atoms with van der Waals surface area (Å²) in [5, 5.41) is 0. The van der Waals surface area contributed by atoms with Crippen LogP contribution in [0.15, 0.2) is 42.5 Å². The third-order valence-electron chi connectivity index (χ3n) is 3.89. The largest absolute Gasteiger partial charge is 0.294 e. The molecule has 0 amide bonds. The van der Waals surface area contributed by atoms with E-state index >= 15 is 0 Å². The maximum atomic E-state index is 12.4. The van der Waals surface area contributed by atoms with E-state index in [1.165, 1.54) is 16.7 Å². The lowest BCUT2D eigenvalue weighted by atomic mass is 9.74. The van der Waals surface area contributed by atoms with Gasteiger partial charge in [-0.3, -0.25) is 4.79 Å². The van der Waals surface area contributed by atoms with Crippen LogP contribution >= 0.6 is 22.6 Å². The first kappa shape index (κ1) is 12.9. The van der Waals surface area contributed by atoms with E-state index in [0.29, 0.717) is 12.3 Å². The topological polar surface area (TPSA) is 17.1 Å². The first-order valence-corrected chi connectivity index (χ1v) is 7.61. The van der Waals surface area contributed by atoms with E-state index in [4.69, 9.17) is 0 Å². The van der Waals surface area contributed by atoms with Gasteiger partial charge in [0.2, 0.25) is 0 Å². The molecule has 1 aliphatic rings. The van der Waals surface area contributed by atoms with Crippen molar-refractivity contribution in [3.05, 3.63) is 68.3 Å². The van der Waals surface area contributed by atoms with Crippen LogP contribution in [0.5, 0.6) is 0 Å². The number of fused-ring (bicyclic) bond motifs is 1. The normalized spacial score (nSPS) is 16.6. The fourth-order valence-electron chi connectivity index (χ4n) is 2.74. The van der Waals surface area contributed by atoms with Crippen LogP contribution in [0.25, 0.3) is 0 Å². The number of carbonyl (C=O) groups excluding carboxylic acids is 1. The standard InChI is InChI=1S/C17H15IO/c1-11-5-4-8-15(17(11)18)16(19)10-13-9-12-6-2-3-7-14(12)13/h2-8,13H,9-10H2,1H3. The van der Waals surface area contributed by atoms with Crippen molar-refractivity contribution in [2.24, 2.45) is 0 Å². The highest BCUT2D eigenvalue weighted by atomic mass is 127. The van der Waals surface area contributed by atoms with Crippen LogP contribution < -0.4 is 0 Å². The van der Waals surface area contributed by atoms with Crippen LogP contribution in [-0.2, 0) is 6.42 Å². The van der Waals surface area contributed by atoms with Gasteiger partial charge >= 0.3 is 0 Å². The minimum Gasteiger partial charge on any atom is -0.294 e. The summed E-state index contributed by atoms with van der Waals surface area (Å²) in [7, 11) is 0. The Balaban J connectivity index is 1.79. The molecule has 19 heavy (non-hydrogen) atoms. The van der Waals surface area contributed by atoms with E-state index in [0.717, 1.165) is 15.6 Å². The van der Waals surface area contributed by atoms with Gasteiger partial charge in [0.25, 0.3) is 0 Å². The Morgan fingerprint density at radius 2 is 2.00 bits per heavy atom. The van der Waals surface area contributed by atoms with E-state index < -0.39 is 0 Å². The summed E-state index contributed by atoms with van der Waals surface area (Å²) in [5.74, 6) is 0.688. The predicted octanol–water partition coefficient (Wildman–Crippen LogP) is 4.51. The highest BCUT2D eigenvalue weighted by Gasteiger charge is 2.28. The van der Waals surface area contributed by atoms with Crippen LogP contribution in [0.1, 0.15) is 39.4 Å². The van der Waals surface area contributed by atoms with Gasteiger partial charge in [-0.25, -0.2) is 0 Å². The van der Waals surface area contributed by atoms with Gasteiger partial charge in [0.1, 0.15) is 0 Å². The van der Waals surface area contributed by atoms with Gasteiger partial charge in [0.05, 0.1) is 0 Å². The molecule has 96 valence electrons. The van der Waals surface area contributed by atoms with Crippen molar-refractivity contribution in [3.8, 4) is 0 Å². The fourth-order valence-corrected chi connectivity index (χ4v) is 3.40. The quantitative estimate of drug-likeness (QED) is 0.580. The molecule has 1 atom stereocenters. The molecule has 2 heteroatoms. The molecule has 0 saturated heterocycles. The van der Waals surface area contributed by atoms with Crippen molar-refractivity contribution < 1.29 is 4.79 Å². The number of aryl methyl sites for hydroxylation is 1. The van der Waals surface area contributed by atoms with E-state index in [-0.39, 0.29) is 5.78 Å². The summed E-state index contributed by atoms with van der Waals surface area (Å²) in [5.41, 5.74) is 4.82. The van der Waals surface area contributed by atoms with Crippen molar-refractivity contribution in [1.82, 2.24) is 0 Å². The zero-order valence-corrected chi connectivity index (χ0v) is 13.0. The third kappa shape index (κ3) is 2.34. The molecule has 3 rings (SSSR count). The van der Waals surface area contributed by atoms with Gasteiger partial charge in [-0.1, -0.05) is 42.5 Å². The molecule has 0 aromatic heterocycles. The van der Waals surface area contributed by atoms with Crippen molar-refractivity contribution in [3.63, 3.8) is 0 Å². The average Bonchev–Trinajstić information content (AvgIpc) is 2.39. The molecular formula is C17H15IO. The van der Waals surface area contributed by atoms with Crippen LogP contribution in [0, 0.1) is 10.5 Å². The first-order chi connectivity index (χ1) is 9.16. The number of hydrogen-bond donors (Lipinski definition) is 0. The van der Waals surface area contributed by atoms with Crippen LogP contribution in [0.3, 0.4) is 0 Å². The number of rotatable bonds is 3. The molecule has 0 heterocycles. The van der Waals surface area contributed by atoms with Gasteiger partial charge in [0, 0.05) is 15.6 Å². The van der Waals surface area contributed by atoms with Gasteiger partial charge in [-0.2, -0.15) is 0 Å². The number of Topliss-reactive ketones (excluding diaryl/α,β-unsaturated/α-hetero) is 1. The van der Waals surface area contributed by atoms with Gasteiger partial charge in [0.15, 0.2) is 5.78 Å².